The van der Waals surface area contributed by atoms with Crippen molar-refractivity contribution in [1.29, 1.82) is 0 Å². The topological polar surface area (TPSA) is 67.9 Å². The minimum Gasteiger partial charge on any atom is -0.490 e. The summed E-state index contributed by atoms with van der Waals surface area (Å²) in [6, 6.07) is 9.23. The number of carbonyl (C=O) groups excluding carboxylic acids is 2. The molecule has 3 rings (SSSR count). The molecule has 1 saturated heterocycles. The van der Waals surface area contributed by atoms with Crippen molar-refractivity contribution in [3.63, 3.8) is 0 Å². The maximum atomic E-state index is 13.9. The highest BCUT2D eigenvalue weighted by Gasteiger charge is 2.32. The molecule has 2 aromatic carbocycles. The minimum atomic E-state index is -0.503. The van der Waals surface area contributed by atoms with Crippen LogP contribution < -0.4 is 14.8 Å². The molecule has 8 heteroatoms. The van der Waals surface area contributed by atoms with Gasteiger partial charge in [-0.25, -0.2) is 9.18 Å². The predicted octanol–water partition coefficient (Wildman–Crippen LogP) is 4.64. The van der Waals surface area contributed by atoms with Gasteiger partial charge in [-0.1, -0.05) is 40.2 Å². The van der Waals surface area contributed by atoms with E-state index in [4.69, 9.17) is 9.47 Å². The lowest BCUT2D eigenvalue weighted by atomic mass is 10.1. The van der Waals surface area contributed by atoms with Gasteiger partial charge in [0.15, 0.2) is 11.5 Å². The first-order valence-electron chi connectivity index (χ1n) is 9.22. The largest absolute Gasteiger partial charge is 0.490 e. The van der Waals surface area contributed by atoms with E-state index in [1.54, 1.807) is 36.4 Å². The lowest BCUT2D eigenvalue weighted by Crippen LogP contribution is -2.30. The van der Waals surface area contributed by atoms with Crippen molar-refractivity contribution in [2.75, 3.05) is 13.2 Å². The van der Waals surface area contributed by atoms with Crippen LogP contribution in [0.1, 0.15) is 18.1 Å². The van der Waals surface area contributed by atoms with E-state index in [0.717, 1.165) is 4.90 Å². The maximum absolute atomic E-state index is 13.9. The van der Waals surface area contributed by atoms with Gasteiger partial charge in [-0.05, 0) is 36.8 Å². The van der Waals surface area contributed by atoms with Crippen LogP contribution in [0.15, 0.2) is 59.2 Å². The third-order valence-corrected chi connectivity index (χ3v) is 4.96. The molecule has 156 valence electrons. The average molecular weight is 475 g/mol. The van der Waals surface area contributed by atoms with E-state index in [9.17, 15) is 14.0 Å². The minimum absolute atomic E-state index is 0.0324. The number of carbonyl (C=O) groups is 2. The highest BCUT2D eigenvalue weighted by Crippen LogP contribution is 2.35. The first-order valence-corrected chi connectivity index (χ1v) is 10.0. The Morgan fingerprint density at radius 1 is 1.20 bits per heavy atom. The summed E-state index contributed by atoms with van der Waals surface area (Å²) in [5, 5.41) is 2.55. The standard InChI is InChI=1S/C22H20BrFN2O4/c1-3-9-26-21(27)18(25-22(26)28)10-15-11-19(29-4-2)20(12-16(15)23)30-13-14-7-5-6-8-17(14)24/h3,5-8,10-12H,1,4,9,13H2,2H3,(H,25,28)/b18-10+. The second kappa shape index (κ2) is 9.58. The number of rotatable bonds is 8. The van der Waals surface area contributed by atoms with Crippen LogP contribution >= 0.6 is 15.9 Å². The molecule has 0 bridgehead atoms. The molecule has 0 atom stereocenters. The van der Waals surface area contributed by atoms with Gasteiger partial charge >= 0.3 is 6.03 Å². The number of hydrogen-bond donors (Lipinski definition) is 1. The summed E-state index contributed by atoms with van der Waals surface area (Å²) in [6.45, 7) is 5.92. The Bertz CT molecular complexity index is 1020. The summed E-state index contributed by atoms with van der Waals surface area (Å²) < 4.78 is 25.9. The fraction of sp³-hybridized carbons (Fsp3) is 0.182. The van der Waals surface area contributed by atoms with E-state index in [-0.39, 0.29) is 24.7 Å². The molecule has 2 aromatic rings. The van der Waals surface area contributed by atoms with Crippen molar-refractivity contribution in [3.8, 4) is 11.5 Å². The Labute approximate surface area is 182 Å². The molecule has 3 amide bonds. The van der Waals surface area contributed by atoms with E-state index in [2.05, 4.69) is 27.8 Å². The fourth-order valence-corrected chi connectivity index (χ4v) is 3.27. The van der Waals surface area contributed by atoms with Crippen molar-refractivity contribution >= 4 is 33.9 Å². The lowest BCUT2D eigenvalue weighted by molar-refractivity contribution is -0.122. The van der Waals surface area contributed by atoms with Crippen LogP contribution in [0.5, 0.6) is 11.5 Å². The number of nitrogens with one attached hydrogen (secondary N) is 1. The molecular weight excluding hydrogens is 455 g/mol. The number of nitrogens with zero attached hydrogens (tertiary/aromatic N) is 1. The van der Waals surface area contributed by atoms with Crippen LogP contribution in [0.25, 0.3) is 6.08 Å². The van der Waals surface area contributed by atoms with E-state index in [0.29, 0.717) is 33.7 Å². The van der Waals surface area contributed by atoms with Crippen molar-refractivity contribution in [2.24, 2.45) is 0 Å². The second-order valence-electron chi connectivity index (χ2n) is 6.33. The number of hydrogen-bond acceptors (Lipinski definition) is 4. The van der Waals surface area contributed by atoms with Gasteiger partial charge in [0.1, 0.15) is 18.1 Å². The molecule has 0 spiro atoms. The van der Waals surface area contributed by atoms with Gasteiger partial charge in [-0.15, -0.1) is 6.58 Å². The molecule has 0 aliphatic carbocycles. The Morgan fingerprint density at radius 2 is 1.93 bits per heavy atom. The number of urea groups is 1. The van der Waals surface area contributed by atoms with Crippen LogP contribution in [0, 0.1) is 5.82 Å². The van der Waals surface area contributed by atoms with Crippen LogP contribution in [-0.4, -0.2) is 30.0 Å². The third kappa shape index (κ3) is 4.71. The van der Waals surface area contributed by atoms with Gasteiger partial charge in [-0.3, -0.25) is 9.69 Å². The molecule has 1 aliphatic rings. The second-order valence-corrected chi connectivity index (χ2v) is 7.18. The Morgan fingerprint density at radius 3 is 2.63 bits per heavy atom. The molecule has 6 nitrogen and oxygen atoms in total. The highest BCUT2D eigenvalue weighted by atomic mass is 79.9. The van der Waals surface area contributed by atoms with E-state index in [1.165, 1.54) is 12.1 Å². The van der Waals surface area contributed by atoms with Gasteiger partial charge in [0, 0.05) is 16.6 Å². The molecule has 0 saturated carbocycles. The van der Waals surface area contributed by atoms with Gasteiger partial charge in [-0.2, -0.15) is 0 Å². The Balaban J connectivity index is 1.88. The summed E-state index contributed by atoms with van der Waals surface area (Å²) >= 11 is 3.45. The first kappa shape index (κ1) is 21.6. The average Bonchev–Trinajstić information content (AvgIpc) is 2.98. The Hall–Kier alpha value is -3.13. The maximum Gasteiger partial charge on any atom is 0.329 e. The smallest absolute Gasteiger partial charge is 0.329 e. The number of halogens is 2. The molecule has 0 aromatic heterocycles. The highest BCUT2D eigenvalue weighted by molar-refractivity contribution is 9.10. The molecule has 1 heterocycles. The van der Waals surface area contributed by atoms with Crippen LogP contribution in [0.2, 0.25) is 0 Å². The zero-order valence-electron chi connectivity index (χ0n) is 16.3. The van der Waals surface area contributed by atoms with Crippen molar-refractivity contribution < 1.29 is 23.5 Å². The normalized spacial score (nSPS) is 14.8. The summed E-state index contributed by atoms with van der Waals surface area (Å²) in [5.41, 5.74) is 1.18. The van der Waals surface area contributed by atoms with E-state index < -0.39 is 11.9 Å². The Kier molecular flexibility index (Phi) is 6.89. The van der Waals surface area contributed by atoms with Gasteiger partial charge in [0.25, 0.3) is 5.91 Å². The summed E-state index contributed by atoms with van der Waals surface area (Å²) in [7, 11) is 0. The van der Waals surface area contributed by atoms with Crippen molar-refractivity contribution in [3.05, 3.63) is 76.2 Å². The number of benzene rings is 2. The first-order chi connectivity index (χ1) is 14.4. The summed E-state index contributed by atoms with van der Waals surface area (Å²) in [5.74, 6) is 0.0629. The van der Waals surface area contributed by atoms with Gasteiger partial charge in [0.05, 0.1) is 6.61 Å². The van der Waals surface area contributed by atoms with Gasteiger partial charge in [0.2, 0.25) is 0 Å². The van der Waals surface area contributed by atoms with E-state index >= 15 is 0 Å². The number of imide groups is 1. The molecule has 30 heavy (non-hydrogen) atoms. The monoisotopic (exact) mass is 474 g/mol. The molecular formula is C22H20BrFN2O4. The SMILES string of the molecule is C=CCN1C(=O)N/C(=C/c2cc(OCC)c(OCc3ccccc3F)cc2Br)C1=O. The zero-order valence-corrected chi connectivity index (χ0v) is 17.9. The third-order valence-electron chi connectivity index (χ3n) is 4.28. The van der Waals surface area contributed by atoms with E-state index in [1.807, 2.05) is 6.92 Å². The number of ether oxygens (including phenoxy) is 2. The van der Waals surface area contributed by atoms with Crippen LogP contribution in [-0.2, 0) is 11.4 Å². The molecule has 0 radical (unpaired) electrons. The van der Waals surface area contributed by atoms with Crippen LogP contribution in [0.4, 0.5) is 9.18 Å². The molecule has 0 unspecified atom stereocenters. The number of amides is 3. The summed E-state index contributed by atoms with van der Waals surface area (Å²) in [4.78, 5) is 25.4. The van der Waals surface area contributed by atoms with Crippen LogP contribution in [0.3, 0.4) is 0 Å². The summed E-state index contributed by atoms with van der Waals surface area (Å²) in [6.07, 6.45) is 3.03. The van der Waals surface area contributed by atoms with Crippen molar-refractivity contribution in [2.45, 2.75) is 13.5 Å². The molecule has 1 fully saturated rings. The van der Waals surface area contributed by atoms with Gasteiger partial charge < -0.3 is 14.8 Å². The zero-order chi connectivity index (χ0) is 21.7. The van der Waals surface area contributed by atoms with Crippen molar-refractivity contribution in [1.82, 2.24) is 10.2 Å². The molecule has 1 aliphatic heterocycles. The molecule has 1 N–H and O–H groups in total. The fourth-order valence-electron chi connectivity index (χ4n) is 2.84. The quantitative estimate of drug-likeness (QED) is 0.343. The predicted molar refractivity (Wildman–Crippen MR) is 114 cm³/mol. The lowest BCUT2D eigenvalue weighted by Gasteiger charge is -2.14.